The molecule has 2 aromatic carbocycles. The van der Waals surface area contributed by atoms with Gasteiger partial charge in [-0.05, 0) is 51.3 Å². The van der Waals surface area contributed by atoms with Crippen LogP contribution in [0, 0.1) is 0 Å². The van der Waals surface area contributed by atoms with Gasteiger partial charge in [0.1, 0.15) is 5.69 Å². The van der Waals surface area contributed by atoms with Gasteiger partial charge in [0.2, 0.25) is 11.8 Å². The minimum absolute atomic E-state index is 0.191. The summed E-state index contributed by atoms with van der Waals surface area (Å²) in [6.45, 7) is 7.74. The Labute approximate surface area is 261 Å². The topological polar surface area (TPSA) is 136 Å². The van der Waals surface area contributed by atoms with E-state index in [1.54, 1.807) is 24.1 Å². The lowest BCUT2D eigenvalue weighted by Crippen LogP contribution is -2.46. The zero-order valence-electron chi connectivity index (χ0n) is 26.1. The van der Waals surface area contributed by atoms with Crippen LogP contribution >= 0.6 is 0 Å². The molecule has 0 bridgehead atoms. The maximum absolute atomic E-state index is 14.2. The second-order valence-corrected chi connectivity index (χ2v) is 11.8. The van der Waals surface area contributed by atoms with Gasteiger partial charge in [-0.2, -0.15) is 0 Å². The Morgan fingerprint density at radius 2 is 1.76 bits per heavy atom. The van der Waals surface area contributed by atoms with E-state index in [9.17, 15) is 4.79 Å². The standard InChI is InChI=1S/C33H35BN6O5/c1-20(35)26-15-21-11-10-14-23(29(21)31(41)40(26)22-12-8-7-9-13-22)25-17-37-24(30(38-25)43-6)16-33(4)32(2,3)44-34(45-33)27-18-36-19-28(39-27)42-5/h7-15,17-20H,16,35H2,1-6H3. The fraction of sp³-hybridized carbons (Fsp3) is 0.303. The van der Waals surface area contributed by atoms with Gasteiger partial charge in [-0.15, -0.1) is 0 Å². The van der Waals surface area contributed by atoms with Crippen LogP contribution in [0.15, 0.2) is 78.0 Å². The molecule has 0 aliphatic carbocycles. The molecule has 0 saturated carbocycles. The monoisotopic (exact) mass is 606 g/mol. The maximum Gasteiger partial charge on any atom is 0.516 e. The molecule has 1 aliphatic rings. The molecule has 1 aliphatic heterocycles. The van der Waals surface area contributed by atoms with Gasteiger partial charge in [0.25, 0.3) is 5.56 Å². The zero-order valence-corrected chi connectivity index (χ0v) is 26.1. The summed E-state index contributed by atoms with van der Waals surface area (Å²) in [5, 5.41) is 1.27. The van der Waals surface area contributed by atoms with Crippen LogP contribution in [0.5, 0.6) is 11.8 Å². The molecule has 45 heavy (non-hydrogen) atoms. The van der Waals surface area contributed by atoms with E-state index < -0.39 is 18.3 Å². The van der Waals surface area contributed by atoms with Crippen molar-refractivity contribution in [3.8, 4) is 28.7 Å². The number of methoxy groups -OCH3 is 2. The molecule has 6 rings (SSSR count). The Kier molecular flexibility index (Phi) is 7.90. The zero-order chi connectivity index (χ0) is 31.9. The number of hydrogen-bond acceptors (Lipinski definition) is 10. The number of nitrogens with two attached hydrogens (primary N) is 1. The van der Waals surface area contributed by atoms with Crippen molar-refractivity contribution in [1.29, 1.82) is 0 Å². The molecule has 2 unspecified atom stereocenters. The van der Waals surface area contributed by atoms with Crippen molar-refractivity contribution in [3.63, 3.8) is 0 Å². The normalized spacial score (nSPS) is 18.2. The van der Waals surface area contributed by atoms with Crippen molar-refractivity contribution in [1.82, 2.24) is 24.5 Å². The Morgan fingerprint density at radius 1 is 0.978 bits per heavy atom. The van der Waals surface area contributed by atoms with E-state index in [0.29, 0.717) is 51.8 Å². The van der Waals surface area contributed by atoms with E-state index in [0.717, 1.165) is 11.1 Å². The summed E-state index contributed by atoms with van der Waals surface area (Å²) < 4.78 is 25.4. The molecule has 0 radical (unpaired) electrons. The highest BCUT2D eigenvalue weighted by Gasteiger charge is 2.55. The lowest BCUT2D eigenvalue weighted by molar-refractivity contribution is -0.00989. The predicted octanol–water partition coefficient (Wildman–Crippen LogP) is 3.80. The highest BCUT2D eigenvalue weighted by Crippen LogP contribution is 2.41. The van der Waals surface area contributed by atoms with Crippen LogP contribution in [0.4, 0.5) is 0 Å². The minimum Gasteiger partial charge on any atom is -0.480 e. The third-order valence-corrected chi connectivity index (χ3v) is 8.47. The third-order valence-electron chi connectivity index (χ3n) is 8.47. The van der Waals surface area contributed by atoms with Crippen LogP contribution in [0.25, 0.3) is 27.7 Å². The number of aromatic nitrogens is 5. The van der Waals surface area contributed by atoms with E-state index in [2.05, 4.69) is 9.97 Å². The number of ether oxygens (including phenoxy) is 2. The Morgan fingerprint density at radius 3 is 2.47 bits per heavy atom. The minimum atomic E-state index is -0.829. The third kappa shape index (κ3) is 5.45. The molecule has 1 fully saturated rings. The van der Waals surface area contributed by atoms with Crippen LogP contribution in [0.2, 0.25) is 0 Å². The van der Waals surface area contributed by atoms with Gasteiger partial charge in [0, 0.05) is 35.6 Å². The van der Waals surface area contributed by atoms with Gasteiger partial charge in [0.15, 0.2) is 0 Å². The summed E-state index contributed by atoms with van der Waals surface area (Å²) >= 11 is 0. The highest BCUT2D eigenvalue weighted by molar-refractivity contribution is 6.61. The molecule has 11 nitrogen and oxygen atoms in total. The molecule has 230 valence electrons. The molecule has 12 heteroatoms. The summed E-state index contributed by atoms with van der Waals surface area (Å²) in [6, 6.07) is 16.7. The van der Waals surface area contributed by atoms with Crippen LogP contribution in [-0.4, -0.2) is 57.0 Å². The van der Waals surface area contributed by atoms with Gasteiger partial charge >= 0.3 is 7.12 Å². The molecular weight excluding hydrogens is 571 g/mol. The Balaban J connectivity index is 1.39. The number of fused-ring (bicyclic) bond motifs is 1. The second-order valence-electron chi connectivity index (χ2n) is 11.8. The molecule has 4 heterocycles. The Bertz CT molecular complexity index is 1930. The van der Waals surface area contributed by atoms with Crippen molar-refractivity contribution < 1.29 is 18.8 Å². The number of para-hydroxylation sites is 1. The number of rotatable bonds is 8. The molecule has 3 aromatic heterocycles. The van der Waals surface area contributed by atoms with Crippen molar-refractivity contribution in [2.24, 2.45) is 5.73 Å². The summed E-state index contributed by atoms with van der Waals surface area (Å²) in [5.41, 5.74) is 8.26. The summed E-state index contributed by atoms with van der Waals surface area (Å²) in [4.78, 5) is 32.4. The van der Waals surface area contributed by atoms with Crippen molar-refractivity contribution in [2.75, 3.05) is 14.2 Å². The first-order chi connectivity index (χ1) is 21.5. The van der Waals surface area contributed by atoms with Crippen LogP contribution in [0.1, 0.15) is 45.1 Å². The average Bonchev–Trinajstić information content (AvgIpc) is 3.28. The van der Waals surface area contributed by atoms with Gasteiger partial charge < -0.3 is 24.5 Å². The van der Waals surface area contributed by atoms with Gasteiger partial charge in [-0.3, -0.25) is 19.3 Å². The molecule has 0 spiro atoms. The van der Waals surface area contributed by atoms with E-state index in [1.807, 2.05) is 82.3 Å². The van der Waals surface area contributed by atoms with Crippen molar-refractivity contribution >= 4 is 23.5 Å². The van der Waals surface area contributed by atoms with E-state index >= 15 is 0 Å². The van der Waals surface area contributed by atoms with Crippen molar-refractivity contribution in [3.05, 3.63) is 94.9 Å². The number of hydrogen-bond donors (Lipinski definition) is 1. The number of nitrogens with zero attached hydrogens (tertiary/aromatic N) is 5. The fourth-order valence-corrected chi connectivity index (χ4v) is 5.65. The smallest absolute Gasteiger partial charge is 0.480 e. The number of benzene rings is 2. The van der Waals surface area contributed by atoms with Gasteiger partial charge in [0.05, 0.1) is 54.5 Å². The van der Waals surface area contributed by atoms with Gasteiger partial charge in [-0.25, -0.2) is 9.97 Å². The second kappa shape index (κ2) is 11.7. The molecule has 2 atom stereocenters. The summed E-state index contributed by atoms with van der Waals surface area (Å²) in [5.74, 6) is 0.692. The lowest BCUT2D eigenvalue weighted by atomic mass is 9.83. The highest BCUT2D eigenvalue weighted by atomic mass is 16.7. The molecule has 5 aromatic rings. The van der Waals surface area contributed by atoms with Crippen LogP contribution < -0.4 is 26.4 Å². The first kappa shape index (κ1) is 30.4. The van der Waals surface area contributed by atoms with Crippen LogP contribution in [0.3, 0.4) is 0 Å². The molecule has 2 N–H and O–H groups in total. The molecular formula is C33H35BN6O5. The summed E-state index contributed by atoms with van der Waals surface area (Å²) in [6.07, 6.45) is 5.11. The van der Waals surface area contributed by atoms with Crippen LogP contribution in [-0.2, 0) is 15.7 Å². The SMILES string of the molecule is COc1cncc(B2OC(C)(C)C(C)(Cc3ncc(-c4cccc5cc(C(C)N)n(-c6ccccc6)c(=O)c45)nc3OC)O2)n1. The molecule has 1 saturated heterocycles. The first-order valence-electron chi connectivity index (χ1n) is 14.7. The quantitative estimate of drug-likeness (QED) is 0.260. The van der Waals surface area contributed by atoms with E-state index in [-0.39, 0.29) is 11.6 Å². The molecule has 0 amide bonds. The lowest BCUT2D eigenvalue weighted by Gasteiger charge is -2.36. The average molecular weight is 606 g/mol. The van der Waals surface area contributed by atoms with E-state index in [4.69, 9.17) is 34.5 Å². The number of pyridine rings is 1. The first-order valence-corrected chi connectivity index (χ1v) is 14.7. The predicted molar refractivity (Wildman–Crippen MR) is 172 cm³/mol. The maximum atomic E-state index is 14.2. The largest absolute Gasteiger partial charge is 0.516 e. The Hall–Kier alpha value is -4.65. The van der Waals surface area contributed by atoms with Gasteiger partial charge in [-0.1, -0.05) is 36.4 Å². The van der Waals surface area contributed by atoms with Crippen molar-refractivity contribution in [2.45, 2.75) is 51.4 Å². The van der Waals surface area contributed by atoms with E-state index in [1.165, 1.54) is 13.3 Å². The fourth-order valence-electron chi connectivity index (χ4n) is 5.65. The summed E-state index contributed by atoms with van der Waals surface area (Å²) in [7, 11) is 2.32.